The van der Waals surface area contributed by atoms with E-state index in [0.717, 1.165) is 0 Å². The van der Waals surface area contributed by atoms with Crippen LogP contribution in [0.4, 0.5) is 0 Å². The summed E-state index contributed by atoms with van der Waals surface area (Å²) in [5, 5.41) is 6.95. The molecule has 0 aromatic heterocycles. The summed E-state index contributed by atoms with van der Waals surface area (Å²) in [6, 6.07) is 0. The standard InChI is InChI=1S/C6H15N3O2S/c1-3-9(5-6(7)8)12(10,11)4-2/h3-5H2,1-2H3,(H3,7,8). The van der Waals surface area contributed by atoms with Crippen molar-refractivity contribution < 1.29 is 8.42 Å². The van der Waals surface area contributed by atoms with Crippen molar-refractivity contribution in [2.45, 2.75) is 13.8 Å². The Morgan fingerprint density at radius 3 is 2.25 bits per heavy atom. The number of amidine groups is 1. The van der Waals surface area contributed by atoms with Crippen molar-refractivity contribution in [1.82, 2.24) is 4.31 Å². The zero-order chi connectivity index (χ0) is 9.78. The maximum atomic E-state index is 11.2. The van der Waals surface area contributed by atoms with Crippen LogP contribution in [-0.2, 0) is 10.0 Å². The second-order valence-corrected chi connectivity index (χ2v) is 4.61. The molecule has 0 aromatic carbocycles. The zero-order valence-electron chi connectivity index (χ0n) is 7.37. The van der Waals surface area contributed by atoms with E-state index in [-0.39, 0.29) is 18.1 Å². The Morgan fingerprint density at radius 1 is 1.50 bits per heavy atom. The molecular formula is C6H15N3O2S. The van der Waals surface area contributed by atoms with Crippen LogP contribution in [-0.4, -0.2) is 37.4 Å². The number of hydrogen-bond acceptors (Lipinski definition) is 3. The van der Waals surface area contributed by atoms with Gasteiger partial charge in [-0.05, 0) is 6.92 Å². The topological polar surface area (TPSA) is 87.2 Å². The van der Waals surface area contributed by atoms with E-state index in [1.165, 1.54) is 4.31 Å². The van der Waals surface area contributed by atoms with Gasteiger partial charge in [-0.15, -0.1) is 0 Å². The van der Waals surface area contributed by atoms with E-state index >= 15 is 0 Å². The predicted octanol–water partition coefficient (Wildman–Crippen LogP) is -0.406. The fourth-order valence-corrected chi connectivity index (χ4v) is 1.87. The van der Waals surface area contributed by atoms with Gasteiger partial charge in [-0.1, -0.05) is 6.92 Å². The minimum absolute atomic E-state index is 0.00727. The quantitative estimate of drug-likeness (QED) is 0.460. The molecule has 0 saturated heterocycles. The Balaban J connectivity index is 4.46. The van der Waals surface area contributed by atoms with E-state index in [0.29, 0.717) is 6.54 Å². The molecule has 0 saturated carbocycles. The molecule has 0 spiro atoms. The highest BCUT2D eigenvalue weighted by Crippen LogP contribution is 1.99. The van der Waals surface area contributed by atoms with Gasteiger partial charge in [-0.2, -0.15) is 4.31 Å². The maximum absolute atomic E-state index is 11.2. The molecule has 0 aliphatic heterocycles. The lowest BCUT2D eigenvalue weighted by Crippen LogP contribution is -2.38. The molecule has 0 rings (SSSR count). The van der Waals surface area contributed by atoms with E-state index in [9.17, 15) is 8.42 Å². The molecule has 0 aliphatic carbocycles. The first-order valence-electron chi connectivity index (χ1n) is 3.74. The molecule has 0 fully saturated rings. The SMILES string of the molecule is CCN(CC(=N)N)S(=O)(=O)CC. The Bertz CT molecular complexity index is 248. The van der Waals surface area contributed by atoms with Crippen LogP contribution in [0.15, 0.2) is 0 Å². The van der Waals surface area contributed by atoms with Crippen LogP contribution in [0.3, 0.4) is 0 Å². The van der Waals surface area contributed by atoms with E-state index in [2.05, 4.69) is 0 Å². The monoisotopic (exact) mass is 193 g/mol. The van der Waals surface area contributed by atoms with Gasteiger partial charge in [0.1, 0.15) is 5.84 Å². The first kappa shape index (κ1) is 11.4. The van der Waals surface area contributed by atoms with Crippen molar-refractivity contribution >= 4 is 15.9 Å². The zero-order valence-corrected chi connectivity index (χ0v) is 8.19. The number of nitrogens with two attached hydrogens (primary N) is 1. The molecule has 0 radical (unpaired) electrons. The van der Waals surface area contributed by atoms with E-state index in [4.69, 9.17) is 11.1 Å². The second-order valence-electron chi connectivity index (χ2n) is 2.35. The fourth-order valence-electron chi connectivity index (χ4n) is 0.779. The summed E-state index contributed by atoms with van der Waals surface area (Å²) in [6.45, 7) is 3.64. The lowest BCUT2D eigenvalue weighted by molar-refractivity contribution is 0.467. The van der Waals surface area contributed by atoms with Gasteiger partial charge in [0.15, 0.2) is 0 Å². The highest BCUT2D eigenvalue weighted by atomic mass is 32.2. The average Bonchev–Trinajstić information content (AvgIpc) is 1.99. The minimum Gasteiger partial charge on any atom is -0.387 e. The van der Waals surface area contributed by atoms with Gasteiger partial charge in [0, 0.05) is 6.54 Å². The maximum Gasteiger partial charge on any atom is 0.214 e. The number of nitrogens with zero attached hydrogens (tertiary/aromatic N) is 1. The van der Waals surface area contributed by atoms with Gasteiger partial charge < -0.3 is 5.73 Å². The smallest absolute Gasteiger partial charge is 0.214 e. The molecule has 12 heavy (non-hydrogen) atoms. The fraction of sp³-hybridized carbons (Fsp3) is 0.833. The van der Waals surface area contributed by atoms with Crippen LogP contribution in [0.25, 0.3) is 0 Å². The molecule has 0 aliphatic rings. The third kappa shape index (κ3) is 3.19. The summed E-state index contributed by atoms with van der Waals surface area (Å²) in [5.74, 6) is -0.0809. The summed E-state index contributed by atoms with van der Waals surface area (Å²) < 4.78 is 23.7. The van der Waals surface area contributed by atoms with Crippen molar-refractivity contribution in [2.75, 3.05) is 18.8 Å². The van der Waals surface area contributed by atoms with Crippen LogP contribution in [0, 0.1) is 5.41 Å². The van der Waals surface area contributed by atoms with Gasteiger partial charge >= 0.3 is 0 Å². The largest absolute Gasteiger partial charge is 0.387 e. The van der Waals surface area contributed by atoms with E-state index in [1.54, 1.807) is 13.8 Å². The summed E-state index contributed by atoms with van der Waals surface area (Å²) in [4.78, 5) is 0. The average molecular weight is 193 g/mol. The first-order valence-corrected chi connectivity index (χ1v) is 5.35. The van der Waals surface area contributed by atoms with Crippen molar-refractivity contribution in [3.8, 4) is 0 Å². The third-order valence-electron chi connectivity index (χ3n) is 1.46. The van der Waals surface area contributed by atoms with Crippen LogP contribution < -0.4 is 5.73 Å². The predicted molar refractivity (Wildman–Crippen MR) is 48.6 cm³/mol. The van der Waals surface area contributed by atoms with Crippen molar-refractivity contribution in [1.29, 1.82) is 5.41 Å². The second kappa shape index (κ2) is 4.42. The minimum atomic E-state index is -3.19. The van der Waals surface area contributed by atoms with Crippen molar-refractivity contribution in [3.05, 3.63) is 0 Å². The lowest BCUT2D eigenvalue weighted by Gasteiger charge is -2.18. The third-order valence-corrected chi connectivity index (χ3v) is 3.36. The Morgan fingerprint density at radius 2 is 2.00 bits per heavy atom. The van der Waals surface area contributed by atoms with Crippen LogP contribution in [0.5, 0.6) is 0 Å². The summed E-state index contributed by atoms with van der Waals surface area (Å²) in [7, 11) is -3.19. The van der Waals surface area contributed by atoms with Crippen molar-refractivity contribution in [3.63, 3.8) is 0 Å². The Labute approximate surface area is 73.1 Å². The molecule has 3 N–H and O–H groups in total. The summed E-state index contributed by atoms with van der Waals surface area (Å²) in [5.41, 5.74) is 5.10. The normalized spacial score (nSPS) is 11.9. The lowest BCUT2D eigenvalue weighted by atomic mass is 10.6. The van der Waals surface area contributed by atoms with Crippen molar-refractivity contribution in [2.24, 2.45) is 5.73 Å². The molecule has 5 nitrogen and oxygen atoms in total. The summed E-state index contributed by atoms with van der Waals surface area (Å²) >= 11 is 0. The van der Waals surface area contributed by atoms with Crippen LogP contribution in [0.1, 0.15) is 13.8 Å². The molecule has 0 amide bonds. The molecule has 6 heteroatoms. The Kier molecular flexibility index (Phi) is 4.19. The van der Waals surface area contributed by atoms with Gasteiger partial charge in [0.05, 0.1) is 12.3 Å². The van der Waals surface area contributed by atoms with Gasteiger partial charge in [0.2, 0.25) is 10.0 Å². The number of nitrogens with one attached hydrogen (secondary N) is 1. The van der Waals surface area contributed by atoms with Gasteiger partial charge in [-0.3, -0.25) is 5.41 Å². The molecule has 0 aromatic rings. The van der Waals surface area contributed by atoms with Gasteiger partial charge in [0.25, 0.3) is 0 Å². The van der Waals surface area contributed by atoms with E-state index in [1.807, 2.05) is 0 Å². The molecule has 72 valence electrons. The molecular weight excluding hydrogens is 178 g/mol. The molecule has 0 atom stereocenters. The summed E-state index contributed by atoms with van der Waals surface area (Å²) in [6.07, 6.45) is 0. The molecule has 0 unspecified atom stereocenters. The number of hydrogen-bond donors (Lipinski definition) is 2. The van der Waals surface area contributed by atoms with Gasteiger partial charge in [-0.25, -0.2) is 8.42 Å². The number of rotatable bonds is 5. The Hall–Kier alpha value is -0.620. The molecule has 0 heterocycles. The molecule has 0 bridgehead atoms. The highest BCUT2D eigenvalue weighted by Gasteiger charge is 2.17. The van der Waals surface area contributed by atoms with E-state index < -0.39 is 10.0 Å². The number of likely N-dealkylation sites (N-methyl/N-ethyl adjacent to an activating group) is 1. The highest BCUT2D eigenvalue weighted by molar-refractivity contribution is 7.89. The first-order chi connectivity index (χ1) is 5.44. The number of sulfonamides is 1. The van der Waals surface area contributed by atoms with Crippen LogP contribution >= 0.6 is 0 Å². The van der Waals surface area contributed by atoms with Crippen LogP contribution in [0.2, 0.25) is 0 Å².